The first-order valence-electron chi connectivity index (χ1n) is 9.02. The highest BCUT2D eigenvalue weighted by Gasteiger charge is 2.13. The second kappa shape index (κ2) is 9.52. The van der Waals surface area contributed by atoms with Crippen LogP contribution in [-0.4, -0.2) is 26.0 Å². The lowest BCUT2D eigenvalue weighted by Gasteiger charge is -2.09. The van der Waals surface area contributed by atoms with Crippen molar-refractivity contribution in [1.82, 2.24) is 0 Å². The SMILES string of the molecule is COc1ccc(C(=O)Oc2ccc(C(=O)C=Cc3ccc(F)cc3)cc2)cc1OC. The molecule has 0 aromatic heterocycles. The zero-order valence-electron chi connectivity index (χ0n) is 16.4. The summed E-state index contributed by atoms with van der Waals surface area (Å²) in [6.07, 6.45) is 3.00. The number of halogens is 1. The zero-order chi connectivity index (χ0) is 21.5. The van der Waals surface area contributed by atoms with E-state index in [1.807, 2.05) is 0 Å². The Hall–Kier alpha value is -3.93. The minimum atomic E-state index is -0.564. The normalized spacial score (nSPS) is 10.6. The van der Waals surface area contributed by atoms with E-state index in [9.17, 15) is 14.0 Å². The molecule has 6 heteroatoms. The molecule has 0 N–H and O–H groups in total. The van der Waals surface area contributed by atoms with Crippen molar-refractivity contribution in [2.45, 2.75) is 0 Å². The highest BCUT2D eigenvalue weighted by Crippen LogP contribution is 2.28. The number of ether oxygens (including phenoxy) is 3. The minimum absolute atomic E-state index is 0.225. The Kier molecular flexibility index (Phi) is 6.60. The van der Waals surface area contributed by atoms with Gasteiger partial charge in [-0.05, 0) is 66.2 Å². The van der Waals surface area contributed by atoms with E-state index in [2.05, 4.69) is 0 Å². The number of rotatable bonds is 7. The average Bonchev–Trinajstić information content (AvgIpc) is 2.78. The Morgan fingerprint density at radius 3 is 2.07 bits per heavy atom. The molecular weight excluding hydrogens is 387 g/mol. The van der Waals surface area contributed by atoms with E-state index in [4.69, 9.17) is 14.2 Å². The first-order chi connectivity index (χ1) is 14.5. The number of methoxy groups -OCH3 is 2. The maximum absolute atomic E-state index is 12.9. The second-order valence-corrected chi connectivity index (χ2v) is 6.23. The zero-order valence-corrected chi connectivity index (χ0v) is 16.4. The molecule has 0 spiro atoms. The third-order valence-electron chi connectivity index (χ3n) is 4.27. The van der Waals surface area contributed by atoms with Crippen LogP contribution < -0.4 is 14.2 Å². The molecule has 5 nitrogen and oxygen atoms in total. The molecule has 3 aromatic rings. The van der Waals surface area contributed by atoms with Crippen molar-refractivity contribution in [2.24, 2.45) is 0 Å². The van der Waals surface area contributed by atoms with Crippen LogP contribution in [0.1, 0.15) is 26.3 Å². The average molecular weight is 406 g/mol. The molecule has 0 fully saturated rings. The van der Waals surface area contributed by atoms with E-state index in [1.54, 1.807) is 42.5 Å². The second-order valence-electron chi connectivity index (χ2n) is 6.23. The van der Waals surface area contributed by atoms with E-state index in [0.717, 1.165) is 0 Å². The minimum Gasteiger partial charge on any atom is -0.493 e. The van der Waals surface area contributed by atoms with E-state index in [-0.39, 0.29) is 11.6 Å². The van der Waals surface area contributed by atoms with Gasteiger partial charge in [-0.2, -0.15) is 0 Å². The monoisotopic (exact) mass is 406 g/mol. The van der Waals surface area contributed by atoms with Crippen molar-refractivity contribution in [2.75, 3.05) is 14.2 Å². The summed E-state index contributed by atoms with van der Waals surface area (Å²) in [5.41, 5.74) is 1.44. The summed E-state index contributed by atoms with van der Waals surface area (Å²) in [5.74, 6) is 0.0975. The van der Waals surface area contributed by atoms with E-state index in [0.29, 0.717) is 33.9 Å². The van der Waals surface area contributed by atoms with Gasteiger partial charge in [0.2, 0.25) is 0 Å². The summed E-state index contributed by atoms with van der Waals surface area (Å²) in [6.45, 7) is 0. The lowest BCUT2D eigenvalue weighted by Crippen LogP contribution is -2.09. The molecule has 0 heterocycles. The van der Waals surface area contributed by atoms with Crippen LogP contribution in [0.25, 0.3) is 6.08 Å². The van der Waals surface area contributed by atoms with Crippen LogP contribution in [0.5, 0.6) is 17.2 Å². The first-order valence-corrected chi connectivity index (χ1v) is 9.02. The summed E-state index contributed by atoms with van der Waals surface area (Å²) in [6, 6.07) is 16.7. The Morgan fingerprint density at radius 2 is 1.43 bits per heavy atom. The van der Waals surface area contributed by atoms with Crippen LogP contribution in [0.2, 0.25) is 0 Å². The fraction of sp³-hybridized carbons (Fsp3) is 0.0833. The van der Waals surface area contributed by atoms with Crippen molar-refractivity contribution in [3.05, 3.63) is 95.3 Å². The van der Waals surface area contributed by atoms with Gasteiger partial charge >= 0.3 is 5.97 Å². The molecule has 0 saturated heterocycles. The molecular formula is C24H19FO5. The quantitative estimate of drug-likeness (QED) is 0.240. The van der Waals surface area contributed by atoms with Crippen LogP contribution in [-0.2, 0) is 0 Å². The molecule has 0 bridgehead atoms. The first kappa shape index (κ1) is 20.8. The molecule has 0 aliphatic carbocycles. The van der Waals surface area contributed by atoms with Crippen LogP contribution >= 0.6 is 0 Å². The van der Waals surface area contributed by atoms with Gasteiger partial charge in [0.1, 0.15) is 11.6 Å². The number of benzene rings is 3. The van der Waals surface area contributed by atoms with Gasteiger partial charge in [-0.25, -0.2) is 9.18 Å². The summed E-state index contributed by atoms with van der Waals surface area (Å²) in [5, 5.41) is 0. The fourth-order valence-corrected chi connectivity index (χ4v) is 2.66. The topological polar surface area (TPSA) is 61.8 Å². The maximum Gasteiger partial charge on any atom is 0.343 e. The van der Waals surface area contributed by atoms with Crippen molar-refractivity contribution >= 4 is 17.8 Å². The van der Waals surface area contributed by atoms with Crippen LogP contribution in [0.3, 0.4) is 0 Å². The number of allylic oxidation sites excluding steroid dienone is 1. The number of hydrogen-bond donors (Lipinski definition) is 0. The number of hydrogen-bond acceptors (Lipinski definition) is 5. The molecule has 3 aromatic carbocycles. The fourth-order valence-electron chi connectivity index (χ4n) is 2.66. The van der Waals surface area contributed by atoms with E-state index >= 15 is 0 Å². The molecule has 0 unspecified atom stereocenters. The highest BCUT2D eigenvalue weighted by atomic mass is 19.1. The van der Waals surface area contributed by atoms with Gasteiger partial charge in [0, 0.05) is 5.56 Å². The lowest BCUT2D eigenvalue weighted by atomic mass is 10.1. The third kappa shape index (κ3) is 5.11. The van der Waals surface area contributed by atoms with Crippen LogP contribution in [0.4, 0.5) is 4.39 Å². The molecule has 3 rings (SSSR count). The molecule has 152 valence electrons. The third-order valence-corrected chi connectivity index (χ3v) is 4.27. The smallest absolute Gasteiger partial charge is 0.343 e. The summed E-state index contributed by atoms with van der Waals surface area (Å²) in [7, 11) is 2.99. The molecule has 0 amide bonds. The van der Waals surface area contributed by atoms with Crippen molar-refractivity contribution in [3.8, 4) is 17.2 Å². The Bertz CT molecular complexity index is 1070. The van der Waals surface area contributed by atoms with E-state index in [1.165, 1.54) is 50.6 Å². The Labute approximate surface area is 173 Å². The maximum atomic E-state index is 12.9. The number of carbonyl (C=O) groups is 2. The highest BCUT2D eigenvalue weighted by molar-refractivity contribution is 6.06. The standard InChI is InChI=1S/C24H19FO5/c1-28-22-14-8-18(15-23(22)29-2)24(27)30-20-11-6-17(7-12-20)21(26)13-5-16-3-9-19(25)10-4-16/h3-15H,1-2H3. The van der Waals surface area contributed by atoms with Crippen molar-refractivity contribution in [3.63, 3.8) is 0 Å². The summed E-state index contributed by atoms with van der Waals surface area (Å²) in [4.78, 5) is 24.6. The molecule has 0 atom stereocenters. The van der Waals surface area contributed by atoms with E-state index < -0.39 is 5.97 Å². The van der Waals surface area contributed by atoms with Crippen molar-refractivity contribution < 1.29 is 28.2 Å². The molecule has 0 saturated carbocycles. The van der Waals surface area contributed by atoms with Gasteiger partial charge in [-0.15, -0.1) is 0 Å². The predicted molar refractivity (Wildman–Crippen MR) is 111 cm³/mol. The van der Waals surface area contributed by atoms with Gasteiger partial charge in [-0.1, -0.05) is 18.2 Å². The Balaban J connectivity index is 1.66. The van der Waals surface area contributed by atoms with Gasteiger partial charge in [-0.3, -0.25) is 4.79 Å². The summed E-state index contributed by atoms with van der Waals surface area (Å²) >= 11 is 0. The Morgan fingerprint density at radius 1 is 0.800 bits per heavy atom. The van der Waals surface area contributed by atoms with Crippen molar-refractivity contribution in [1.29, 1.82) is 0 Å². The number of ketones is 1. The van der Waals surface area contributed by atoms with Gasteiger partial charge in [0.15, 0.2) is 17.3 Å². The lowest BCUT2D eigenvalue weighted by molar-refractivity contribution is 0.0734. The van der Waals surface area contributed by atoms with Crippen LogP contribution in [0.15, 0.2) is 72.8 Å². The van der Waals surface area contributed by atoms with Gasteiger partial charge < -0.3 is 14.2 Å². The molecule has 0 aliphatic rings. The summed E-state index contributed by atoms with van der Waals surface area (Å²) < 4.78 is 28.6. The largest absolute Gasteiger partial charge is 0.493 e. The molecule has 0 aliphatic heterocycles. The molecule has 0 radical (unpaired) electrons. The number of carbonyl (C=O) groups excluding carboxylic acids is 2. The molecule has 30 heavy (non-hydrogen) atoms. The van der Waals surface area contributed by atoms with Gasteiger partial charge in [0.05, 0.1) is 19.8 Å². The number of esters is 1. The van der Waals surface area contributed by atoms with Gasteiger partial charge in [0.25, 0.3) is 0 Å². The van der Waals surface area contributed by atoms with Crippen LogP contribution in [0, 0.1) is 5.82 Å². The predicted octanol–water partition coefficient (Wildman–Crippen LogP) is 4.96.